The zero-order chi connectivity index (χ0) is 17.2. The lowest BCUT2D eigenvalue weighted by Crippen LogP contribution is -2.08. The van der Waals surface area contributed by atoms with Crippen molar-refractivity contribution in [2.24, 2.45) is 0 Å². The number of aliphatic hydroxyl groups excluding tert-OH is 1. The van der Waals surface area contributed by atoms with Crippen LogP contribution in [0.1, 0.15) is 24.0 Å². The van der Waals surface area contributed by atoms with Crippen LogP contribution in [0.15, 0.2) is 28.1 Å². The lowest BCUT2D eigenvalue weighted by molar-refractivity contribution is -0.143. The fourth-order valence-corrected chi connectivity index (χ4v) is 3.51. The molecule has 2 aromatic rings. The highest BCUT2D eigenvalue weighted by atomic mass is 35.5. The highest BCUT2D eigenvalue weighted by Gasteiger charge is 2.39. The van der Waals surface area contributed by atoms with E-state index in [1.807, 2.05) is 6.07 Å². The number of hydrogen-bond acceptors (Lipinski definition) is 4. The second-order valence-electron chi connectivity index (χ2n) is 4.47. The molecule has 4 nitrogen and oxygen atoms in total. The molecular weight excluding hydrogens is 351 g/mol. The van der Waals surface area contributed by atoms with E-state index in [2.05, 4.69) is 4.98 Å². The van der Waals surface area contributed by atoms with Crippen LogP contribution in [0.25, 0.3) is 0 Å². The van der Waals surface area contributed by atoms with Crippen molar-refractivity contribution in [3.05, 3.63) is 40.3 Å². The number of benzene rings is 1. The minimum atomic E-state index is -4.65. The fourth-order valence-electron chi connectivity index (χ4n) is 2.02. The van der Waals surface area contributed by atoms with Gasteiger partial charge in [-0.15, -0.1) is 0 Å². The maximum atomic E-state index is 13.2. The summed E-state index contributed by atoms with van der Waals surface area (Å²) >= 11 is 6.69. The van der Waals surface area contributed by atoms with E-state index in [4.69, 9.17) is 16.9 Å². The molecule has 0 aliphatic heterocycles. The molecular formula is C14H11ClF3N3OS. The molecule has 0 unspecified atom stereocenters. The topological polar surface area (TPSA) is 61.8 Å². The molecule has 23 heavy (non-hydrogen) atoms. The van der Waals surface area contributed by atoms with Crippen LogP contribution in [0.3, 0.4) is 0 Å². The second kappa shape index (κ2) is 6.83. The second-order valence-corrected chi connectivity index (χ2v) is 5.97. The third kappa shape index (κ3) is 3.80. The molecule has 0 bridgehead atoms. The van der Waals surface area contributed by atoms with Gasteiger partial charge in [0.15, 0.2) is 5.69 Å². The average molecular weight is 362 g/mol. The number of aliphatic hydroxyl groups is 1. The van der Waals surface area contributed by atoms with Gasteiger partial charge in [-0.3, -0.25) is 0 Å². The van der Waals surface area contributed by atoms with Gasteiger partial charge in [0.1, 0.15) is 17.5 Å². The van der Waals surface area contributed by atoms with Gasteiger partial charge >= 0.3 is 6.18 Å². The van der Waals surface area contributed by atoms with Crippen LogP contribution >= 0.6 is 23.4 Å². The summed E-state index contributed by atoms with van der Waals surface area (Å²) in [6.45, 7) is 1.27. The molecule has 0 saturated heterocycles. The van der Waals surface area contributed by atoms with Crippen LogP contribution in [0, 0.1) is 11.3 Å². The summed E-state index contributed by atoms with van der Waals surface area (Å²) < 4.78 is 40.9. The van der Waals surface area contributed by atoms with Gasteiger partial charge < -0.3 is 9.67 Å². The van der Waals surface area contributed by atoms with Gasteiger partial charge in [-0.05, 0) is 25.1 Å². The van der Waals surface area contributed by atoms with Crippen LogP contribution in [-0.4, -0.2) is 14.7 Å². The van der Waals surface area contributed by atoms with Crippen molar-refractivity contribution in [3.8, 4) is 6.07 Å². The maximum absolute atomic E-state index is 13.2. The predicted molar refractivity (Wildman–Crippen MR) is 79.1 cm³/mol. The quantitative estimate of drug-likeness (QED) is 0.891. The SMILES string of the molecule is CCn1c(CO)nc(C(F)(F)F)c1Sc1cc(Cl)cc(C#N)c1. The highest BCUT2D eigenvalue weighted by molar-refractivity contribution is 7.99. The van der Waals surface area contributed by atoms with Crippen LogP contribution < -0.4 is 0 Å². The number of alkyl halides is 3. The maximum Gasteiger partial charge on any atom is 0.436 e. The Hall–Kier alpha value is -1.69. The Bertz CT molecular complexity index is 768. The number of aromatic nitrogens is 2. The van der Waals surface area contributed by atoms with E-state index in [-0.39, 0.29) is 28.0 Å². The standard InChI is InChI=1S/C14H11ClF3N3OS/c1-2-21-11(7-22)20-12(14(16,17)18)13(21)23-10-4-8(6-19)3-9(15)5-10/h3-5,22H,2,7H2,1H3. The summed E-state index contributed by atoms with van der Waals surface area (Å²) in [5.74, 6) is -0.0649. The summed E-state index contributed by atoms with van der Waals surface area (Å²) in [5.41, 5.74) is -0.814. The molecule has 0 fully saturated rings. The first-order chi connectivity index (χ1) is 10.8. The van der Waals surface area contributed by atoms with Crippen LogP contribution in [0.5, 0.6) is 0 Å². The zero-order valence-corrected chi connectivity index (χ0v) is 13.4. The first-order valence-corrected chi connectivity index (χ1v) is 7.65. The van der Waals surface area contributed by atoms with Crippen LogP contribution in [-0.2, 0) is 19.3 Å². The molecule has 9 heteroatoms. The Kier molecular flexibility index (Phi) is 5.24. The van der Waals surface area contributed by atoms with E-state index in [0.29, 0.717) is 4.90 Å². The molecule has 0 aliphatic carbocycles. The Morgan fingerprint density at radius 1 is 1.39 bits per heavy atom. The van der Waals surface area contributed by atoms with Crippen molar-refractivity contribution in [1.29, 1.82) is 5.26 Å². The number of halogens is 4. The Balaban J connectivity index is 2.56. The monoisotopic (exact) mass is 361 g/mol. The van der Waals surface area contributed by atoms with Gasteiger partial charge in [-0.2, -0.15) is 18.4 Å². The molecule has 0 amide bonds. The van der Waals surface area contributed by atoms with Gasteiger partial charge in [-0.25, -0.2) is 4.98 Å². The minimum Gasteiger partial charge on any atom is -0.388 e. The summed E-state index contributed by atoms with van der Waals surface area (Å²) in [4.78, 5) is 3.89. The van der Waals surface area contributed by atoms with Crippen LogP contribution in [0.2, 0.25) is 5.02 Å². The van der Waals surface area contributed by atoms with E-state index >= 15 is 0 Å². The van der Waals surface area contributed by atoms with E-state index < -0.39 is 18.5 Å². The first-order valence-electron chi connectivity index (χ1n) is 6.46. The molecule has 0 aliphatic rings. The molecule has 0 spiro atoms. The van der Waals surface area contributed by atoms with Crippen LogP contribution in [0.4, 0.5) is 13.2 Å². The molecule has 122 valence electrons. The predicted octanol–water partition coefficient (Wildman–Crippen LogP) is 4.09. The number of imidazole rings is 1. The largest absolute Gasteiger partial charge is 0.436 e. The number of nitrogens with zero attached hydrogens (tertiary/aromatic N) is 3. The van der Waals surface area contributed by atoms with E-state index in [1.165, 1.54) is 22.8 Å². The Morgan fingerprint density at radius 2 is 2.09 bits per heavy atom. The fraction of sp³-hybridized carbons (Fsp3) is 0.286. The summed E-state index contributed by atoms with van der Waals surface area (Å²) in [7, 11) is 0. The van der Waals surface area contributed by atoms with Gasteiger partial charge in [-0.1, -0.05) is 23.4 Å². The molecule has 0 atom stereocenters. The average Bonchev–Trinajstić information content (AvgIpc) is 2.84. The van der Waals surface area contributed by atoms with E-state index in [9.17, 15) is 18.3 Å². The summed E-state index contributed by atoms with van der Waals surface area (Å²) in [6, 6.07) is 6.24. The van der Waals surface area contributed by atoms with Crippen molar-refractivity contribution in [3.63, 3.8) is 0 Å². The number of rotatable bonds is 4. The Morgan fingerprint density at radius 3 is 2.61 bits per heavy atom. The van der Waals surface area contributed by atoms with Crippen molar-refractivity contribution < 1.29 is 18.3 Å². The summed E-state index contributed by atoms with van der Waals surface area (Å²) in [5, 5.41) is 18.3. The summed E-state index contributed by atoms with van der Waals surface area (Å²) in [6.07, 6.45) is -4.65. The van der Waals surface area contributed by atoms with Crippen molar-refractivity contribution in [1.82, 2.24) is 9.55 Å². The molecule has 1 aromatic heterocycles. The smallest absolute Gasteiger partial charge is 0.388 e. The van der Waals surface area contributed by atoms with Gasteiger partial charge in [0.05, 0.1) is 11.6 Å². The number of nitriles is 1. The van der Waals surface area contributed by atoms with E-state index in [0.717, 1.165) is 11.8 Å². The van der Waals surface area contributed by atoms with Gasteiger partial charge in [0.2, 0.25) is 0 Å². The Labute approximate surface area is 139 Å². The van der Waals surface area contributed by atoms with Crippen molar-refractivity contribution in [2.75, 3.05) is 0 Å². The minimum absolute atomic E-state index is 0.0649. The number of hydrogen-bond donors (Lipinski definition) is 1. The molecule has 1 aromatic carbocycles. The highest BCUT2D eigenvalue weighted by Crippen LogP contribution is 2.40. The molecule has 1 heterocycles. The first kappa shape index (κ1) is 17.7. The molecule has 1 N–H and O–H groups in total. The lowest BCUT2D eigenvalue weighted by atomic mass is 10.2. The van der Waals surface area contributed by atoms with Gasteiger partial charge in [0.25, 0.3) is 0 Å². The molecule has 2 rings (SSSR count). The van der Waals surface area contributed by atoms with Crippen molar-refractivity contribution >= 4 is 23.4 Å². The zero-order valence-electron chi connectivity index (χ0n) is 11.9. The van der Waals surface area contributed by atoms with Crippen molar-refractivity contribution in [2.45, 2.75) is 36.2 Å². The molecule has 0 saturated carbocycles. The van der Waals surface area contributed by atoms with Gasteiger partial charge in [0, 0.05) is 16.5 Å². The third-order valence-electron chi connectivity index (χ3n) is 2.94. The lowest BCUT2D eigenvalue weighted by Gasteiger charge is -2.11. The molecule has 0 radical (unpaired) electrons. The van der Waals surface area contributed by atoms with E-state index in [1.54, 1.807) is 6.92 Å². The normalized spacial score (nSPS) is 11.5. The third-order valence-corrected chi connectivity index (χ3v) is 4.24.